The number of fused-ring (bicyclic) bond motifs is 1. The summed E-state index contributed by atoms with van der Waals surface area (Å²) in [7, 11) is 3.09. The normalized spacial score (nSPS) is 11.0. The molecule has 0 aliphatic heterocycles. The maximum Gasteiger partial charge on any atom is 0.211 e. The number of hydrogen-bond donors (Lipinski definition) is 0. The molecule has 2 rings (SSSR count). The molecule has 132 valence electrons. The number of ether oxygens (including phenoxy) is 2. The van der Waals surface area contributed by atoms with Gasteiger partial charge >= 0.3 is 0 Å². The summed E-state index contributed by atoms with van der Waals surface area (Å²) in [6.45, 7) is 9.41. The molecule has 1 aromatic heterocycles. The van der Waals surface area contributed by atoms with Crippen molar-refractivity contribution in [3.8, 4) is 11.5 Å². The SMILES string of the molecule is C=C/C=C\C(=C/C)C(=O)c1ncnc2cc(OC)c(OC)cc12.CC. The molecule has 0 aliphatic rings. The van der Waals surface area contributed by atoms with Gasteiger partial charge in [-0.15, -0.1) is 0 Å². The highest BCUT2D eigenvalue weighted by Crippen LogP contribution is 2.32. The Labute approximate surface area is 148 Å². The van der Waals surface area contributed by atoms with E-state index in [1.807, 2.05) is 13.8 Å². The van der Waals surface area contributed by atoms with E-state index in [1.54, 1.807) is 57.6 Å². The average Bonchev–Trinajstić information content (AvgIpc) is 2.68. The molecular formula is C20H24N2O3. The number of aromatic nitrogens is 2. The van der Waals surface area contributed by atoms with Crippen LogP contribution in [-0.4, -0.2) is 30.0 Å². The van der Waals surface area contributed by atoms with Gasteiger partial charge in [0.2, 0.25) is 5.78 Å². The highest BCUT2D eigenvalue weighted by Gasteiger charge is 2.17. The fourth-order valence-electron chi connectivity index (χ4n) is 2.18. The number of ketones is 1. The summed E-state index contributed by atoms with van der Waals surface area (Å²) in [6, 6.07) is 3.44. The molecule has 0 saturated heterocycles. The van der Waals surface area contributed by atoms with Gasteiger partial charge in [0, 0.05) is 17.0 Å². The van der Waals surface area contributed by atoms with Crippen LogP contribution in [-0.2, 0) is 0 Å². The predicted molar refractivity (Wildman–Crippen MR) is 101 cm³/mol. The third-order valence-electron chi connectivity index (χ3n) is 3.34. The minimum absolute atomic E-state index is 0.190. The molecule has 0 atom stereocenters. The van der Waals surface area contributed by atoms with Crippen molar-refractivity contribution in [2.75, 3.05) is 14.2 Å². The van der Waals surface area contributed by atoms with Crippen LogP contribution >= 0.6 is 0 Å². The number of carbonyl (C=O) groups excluding carboxylic acids is 1. The van der Waals surface area contributed by atoms with Gasteiger partial charge in [0.05, 0.1) is 19.7 Å². The Morgan fingerprint density at radius 3 is 2.32 bits per heavy atom. The van der Waals surface area contributed by atoms with Gasteiger partial charge in [-0.2, -0.15) is 0 Å². The van der Waals surface area contributed by atoms with E-state index in [9.17, 15) is 4.79 Å². The van der Waals surface area contributed by atoms with E-state index >= 15 is 0 Å². The van der Waals surface area contributed by atoms with Crippen molar-refractivity contribution in [1.29, 1.82) is 0 Å². The summed E-state index contributed by atoms with van der Waals surface area (Å²) in [5.41, 5.74) is 1.46. The molecule has 0 unspecified atom stereocenters. The highest BCUT2D eigenvalue weighted by molar-refractivity contribution is 6.15. The zero-order valence-corrected chi connectivity index (χ0v) is 15.4. The van der Waals surface area contributed by atoms with Crippen LogP contribution in [0.25, 0.3) is 10.9 Å². The molecule has 0 aliphatic carbocycles. The minimum Gasteiger partial charge on any atom is -0.493 e. The van der Waals surface area contributed by atoms with Crippen LogP contribution in [0.3, 0.4) is 0 Å². The smallest absolute Gasteiger partial charge is 0.211 e. The summed E-state index contributed by atoms with van der Waals surface area (Å²) in [5, 5.41) is 0.613. The lowest BCUT2D eigenvalue weighted by molar-refractivity contribution is 0.103. The lowest BCUT2D eigenvalue weighted by Gasteiger charge is -2.10. The topological polar surface area (TPSA) is 61.3 Å². The first-order valence-electron chi connectivity index (χ1n) is 8.03. The summed E-state index contributed by atoms with van der Waals surface area (Å²) < 4.78 is 10.6. The Bertz CT molecular complexity index is 808. The third-order valence-corrected chi connectivity index (χ3v) is 3.34. The second-order valence-corrected chi connectivity index (χ2v) is 4.61. The Morgan fingerprint density at radius 2 is 1.76 bits per heavy atom. The maximum atomic E-state index is 12.7. The molecule has 0 spiro atoms. The first-order valence-corrected chi connectivity index (χ1v) is 8.03. The molecule has 0 amide bonds. The second kappa shape index (κ2) is 10.0. The number of benzene rings is 1. The highest BCUT2D eigenvalue weighted by atomic mass is 16.5. The molecule has 2 aromatic rings. The minimum atomic E-state index is -0.190. The monoisotopic (exact) mass is 340 g/mol. The number of Topliss-reactive ketones (excluding diaryl/α,β-unsaturated/α-hetero) is 1. The fourth-order valence-corrected chi connectivity index (χ4v) is 2.18. The van der Waals surface area contributed by atoms with E-state index in [1.165, 1.54) is 6.33 Å². The van der Waals surface area contributed by atoms with Crippen molar-refractivity contribution in [2.24, 2.45) is 0 Å². The zero-order valence-electron chi connectivity index (χ0n) is 15.4. The van der Waals surface area contributed by atoms with Crippen LogP contribution < -0.4 is 9.47 Å². The van der Waals surface area contributed by atoms with E-state index < -0.39 is 0 Å². The molecule has 0 saturated carbocycles. The standard InChI is InChI=1S/C18H18N2O3.C2H6/c1-5-7-8-12(6-2)18(21)17-13-9-15(22-3)16(23-4)10-14(13)19-11-20-17;1-2/h5-11H,1H2,2-4H3;1-2H3/b8-7-,12-6+;. The molecule has 0 radical (unpaired) electrons. The molecule has 1 heterocycles. The largest absolute Gasteiger partial charge is 0.493 e. The van der Waals surface area contributed by atoms with E-state index in [0.29, 0.717) is 33.7 Å². The fraction of sp³-hybridized carbons (Fsp3) is 0.250. The number of allylic oxidation sites excluding steroid dienone is 5. The average molecular weight is 340 g/mol. The van der Waals surface area contributed by atoms with Crippen LogP contribution in [0.4, 0.5) is 0 Å². The van der Waals surface area contributed by atoms with Crippen LogP contribution in [0.2, 0.25) is 0 Å². The molecule has 1 aromatic carbocycles. The van der Waals surface area contributed by atoms with Gasteiger partial charge < -0.3 is 9.47 Å². The molecule has 0 bridgehead atoms. The molecule has 25 heavy (non-hydrogen) atoms. The van der Waals surface area contributed by atoms with Crippen LogP contribution in [0.1, 0.15) is 31.3 Å². The van der Waals surface area contributed by atoms with Crippen molar-refractivity contribution in [2.45, 2.75) is 20.8 Å². The number of rotatable bonds is 6. The van der Waals surface area contributed by atoms with E-state index in [0.717, 1.165) is 0 Å². The number of nitrogens with zero attached hydrogens (tertiary/aromatic N) is 2. The van der Waals surface area contributed by atoms with Gasteiger partial charge in [-0.3, -0.25) is 4.79 Å². The lowest BCUT2D eigenvalue weighted by atomic mass is 10.0. The molecule has 0 fully saturated rings. The van der Waals surface area contributed by atoms with Gasteiger partial charge in [0.15, 0.2) is 11.5 Å². The molecular weight excluding hydrogens is 316 g/mol. The first-order chi connectivity index (χ1) is 12.2. The van der Waals surface area contributed by atoms with E-state index in [4.69, 9.17) is 9.47 Å². The van der Waals surface area contributed by atoms with Crippen molar-refractivity contribution in [1.82, 2.24) is 9.97 Å². The van der Waals surface area contributed by atoms with Gasteiger partial charge in [-0.1, -0.05) is 44.7 Å². The Balaban J connectivity index is 0.00000151. The van der Waals surface area contributed by atoms with Crippen molar-refractivity contribution < 1.29 is 14.3 Å². The van der Waals surface area contributed by atoms with Crippen molar-refractivity contribution >= 4 is 16.7 Å². The van der Waals surface area contributed by atoms with Gasteiger partial charge in [0.1, 0.15) is 12.0 Å². The Kier molecular flexibility index (Phi) is 8.06. The first kappa shape index (κ1) is 20.1. The zero-order chi connectivity index (χ0) is 18.8. The summed E-state index contributed by atoms with van der Waals surface area (Å²) in [6.07, 6.45) is 8.12. The quantitative estimate of drug-likeness (QED) is 0.439. The summed E-state index contributed by atoms with van der Waals surface area (Å²) in [4.78, 5) is 21.1. The van der Waals surface area contributed by atoms with Crippen LogP contribution in [0.15, 0.2) is 54.9 Å². The number of carbonyl (C=O) groups is 1. The van der Waals surface area contributed by atoms with Crippen molar-refractivity contribution in [3.63, 3.8) is 0 Å². The summed E-state index contributed by atoms with van der Waals surface area (Å²) in [5.74, 6) is 0.882. The Hall–Kier alpha value is -2.95. The van der Waals surface area contributed by atoms with Crippen LogP contribution in [0.5, 0.6) is 11.5 Å². The lowest BCUT2D eigenvalue weighted by Crippen LogP contribution is -2.06. The molecule has 5 heteroatoms. The second-order valence-electron chi connectivity index (χ2n) is 4.61. The Morgan fingerprint density at radius 1 is 1.12 bits per heavy atom. The van der Waals surface area contributed by atoms with Crippen molar-refractivity contribution in [3.05, 3.63) is 60.6 Å². The van der Waals surface area contributed by atoms with E-state index in [2.05, 4.69) is 16.5 Å². The predicted octanol–water partition coefficient (Wildman–Crippen LogP) is 4.54. The van der Waals surface area contributed by atoms with Gasteiger partial charge in [-0.25, -0.2) is 9.97 Å². The molecule has 5 nitrogen and oxygen atoms in total. The maximum absolute atomic E-state index is 12.7. The molecule has 0 N–H and O–H groups in total. The number of hydrogen-bond acceptors (Lipinski definition) is 5. The van der Waals surface area contributed by atoms with Crippen LogP contribution in [0, 0.1) is 0 Å². The summed E-state index contributed by atoms with van der Waals surface area (Å²) >= 11 is 0. The number of methoxy groups -OCH3 is 2. The third kappa shape index (κ3) is 4.53. The van der Waals surface area contributed by atoms with Gasteiger partial charge in [0.25, 0.3) is 0 Å². The van der Waals surface area contributed by atoms with Gasteiger partial charge in [-0.05, 0) is 13.0 Å². The van der Waals surface area contributed by atoms with E-state index in [-0.39, 0.29) is 5.78 Å².